The number of fused-ring (bicyclic) bond motifs is 1. The lowest BCUT2D eigenvalue weighted by Crippen LogP contribution is -2.50. The van der Waals surface area contributed by atoms with Crippen molar-refractivity contribution in [2.75, 3.05) is 10.6 Å². The van der Waals surface area contributed by atoms with Crippen molar-refractivity contribution in [3.8, 4) is 0 Å². The number of urea groups is 1. The molecule has 1 aromatic carbocycles. The van der Waals surface area contributed by atoms with Gasteiger partial charge in [0, 0.05) is 23.0 Å². The molecule has 0 aromatic heterocycles. The number of nitrogen functional groups attached to an aromatic ring is 1. The van der Waals surface area contributed by atoms with Crippen LogP contribution in [-0.2, 0) is 6.42 Å². The van der Waals surface area contributed by atoms with Gasteiger partial charge < -0.3 is 11.1 Å². The van der Waals surface area contributed by atoms with E-state index in [9.17, 15) is 4.79 Å². The van der Waals surface area contributed by atoms with Crippen molar-refractivity contribution in [2.24, 2.45) is 0 Å². The lowest BCUT2D eigenvalue weighted by molar-refractivity contribution is 0.236. The van der Waals surface area contributed by atoms with E-state index in [2.05, 4.69) is 12.2 Å². The van der Waals surface area contributed by atoms with E-state index in [0.29, 0.717) is 0 Å². The van der Waals surface area contributed by atoms with Gasteiger partial charge in [-0.3, -0.25) is 4.90 Å². The highest BCUT2D eigenvalue weighted by molar-refractivity contribution is 5.95. The summed E-state index contributed by atoms with van der Waals surface area (Å²) in [5.41, 5.74) is 8.42. The first-order valence-electron chi connectivity index (χ1n) is 6.28. The number of nitrogens with zero attached hydrogens (tertiary/aromatic N) is 1. The Balaban J connectivity index is 2.28. The largest absolute Gasteiger partial charge is 0.399 e. The van der Waals surface area contributed by atoms with Crippen molar-refractivity contribution in [1.29, 1.82) is 0 Å². The van der Waals surface area contributed by atoms with Gasteiger partial charge >= 0.3 is 6.03 Å². The van der Waals surface area contributed by atoms with Gasteiger partial charge in [-0.2, -0.15) is 0 Å². The lowest BCUT2D eigenvalue weighted by atomic mass is 10.1. The number of benzene rings is 1. The van der Waals surface area contributed by atoms with Crippen molar-refractivity contribution >= 4 is 17.4 Å². The molecule has 1 aliphatic rings. The van der Waals surface area contributed by atoms with Crippen LogP contribution in [0.15, 0.2) is 18.2 Å². The summed E-state index contributed by atoms with van der Waals surface area (Å²) in [7, 11) is 0. The fourth-order valence-corrected chi connectivity index (χ4v) is 2.34. The minimum Gasteiger partial charge on any atom is -0.399 e. The highest BCUT2D eigenvalue weighted by Crippen LogP contribution is 2.33. The molecular formula is C14H21N3O. The zero-order valence-electron chi connectivity index (χ0n) is 11.4. The van der Waals surface area contributed by atoms with Crippen LogP contribution < -0.4 is 16.0 Å². The number of nitrogens with one attached hydrogen (secondary N) is 1. The number of hydrogen-bond donors (Lipinski definition) is 2. The van der Waals surface area contributed by atoms with Crippen LogP contribution in [0.2, 0.25) is 0 Å². The predicted molar refractivity (Wildman–Crippen MR) is 74.8 cm³/mol. The Kier molecular flexibility index (Phi) is 2.97. The van der Waals surface area contributed by atoms with Gasteiger partial charge in [0.1, 0.15) is 0 Å². The smallest absolute Gasteiger partial charge is 0.322 e. The third-order valence-electron chi connectivity index (χ3n) is 3.02. The van der Waals surface area contributed by atoms with Gasteiger partial charge in [0.25, 0.3) is 0 Å². The predicted octanol–water partition coefficient (Wildman–Crippen LogP) is 2.53. The Labute approximate surface area is 108 Å². The first-order chi connectivity index (χ1) is 8.28. The Morgan fingerprint density at radius 3 is 2.72 bits per heavy atom. The van der Waals surface area contributed by atoms with Gasteiger partial charge in [0.05, 0.1) is 0 Å². The third kappa shape index (κ3) is 2.42. The Morgan fingerprint density at radius 2 is 2.11 bits per heavy atom. The summed E-state index contributed by atoms with van der Waals surface area (Å²) >= 11 is 0. The highest BCUT2D eigenvalue weighted by Gasteiger charge is 2.32. The summed E-state index contributed by atoms with van der Waals surface area (Å²) in [6.45, 7) is 8.00. The molecule has 4 nitrogen and oxygen atoms in total. The minimum atomic E-state index is -0.229. The van der Waals surface area contributed by atoms with Crippen LogP contribution in [0.25, 0.3) is 0 Å². The number of hydrogen-bond acceptors (Lipinski definition) is 2. The average Bonchev–Trinajstić information content (AvgIpc) is 2.50. The zero-order chi connectivity index (χ0) is 13.5. The third-order valence-corrected chi connectivity index (χ3v) is 3.02. The van der Waals surface area contributed by atoms with Crippen LogP contribution in [0.5, 0.6) is 0 Å². The van der Waals surface area contributed by atoms with Gasteiger partial charge in [-0.1, -0.05) is 0 Å². The molecule has 0 saturated carbocycles. The Hall–Kier alpha value is -1.71. The molecule has 1 aromatic rings. The summed E-state index contributed by atoms with van der Waals surface area (Å²) in [6.07, 6.45) is 0.859. The molecule has 0 saturated heterocycles. The molecule has 4 heteroatoms. The molecule has 3 N–H and O–H groups in total. The number of carbonyl (C=O) groups excluding carboxylic acids is 1. The van der Waals surface area contributed by atoms with Crippen LogP contribution in [0.4, 0.5) is 16.2 Å². The maximum atomic E-state index is 12.3. The number of rotatable bonds is 0. The Bertz CT molecular complexity index is 476. The summed E-state index contributed by atoms with van der Waals surface area (Å²) in [5.74, 6) is 0. The molecular weight excluding hydrogens is 226 g/mol. The molecule has 1 atom stereocenters. The maximum Gasteiger partial charge on any atom is 0.322 e. The van der Waals surface area contributed by atoms with Gasteiger partial charge in [-0.25, -0.2) is 4.79 Å². The van der Waals surface area contributed by atoms with Crippen molar-refractivity contribution in [1.82, 2.24) is 5.32 Å². The van der Waals surface area contributed by atoms with E-state index < -0.39 is 0 Å². The maximum absolute atomic E-state index is 12.3. The van der Waals surface area contributed by atoms with Gasteiger partial charge in [-0.05, 0) is 57.9 Å². The monoisotopic (exact) mass is 247 g/mol. The molecule has 18 heavy (non-hydrogen) atoms. The van der Waals surface area contributed by atoms with Crippen LogP contribution in [0, 0.1) is 0 Å². The molecule has 0 radical (unpaired) electrons. The summed E-state index contributed by atoms with van der Waals surface area (Å²) < 4.78 is 0. The van der Waals surface area contributed by atoms with Gasteiger partial charge in [0.2, 0.25) is 0 Å². The Morgan fingerprint density at radius 1 is 1.44 bits per heavy atom. The van der Waals surface area contributed by atoms with E-state index in [0.717, 1.165) is 23.4 Å². The van der Waals surface area contributed by atoms with Crippen LogP contribution in [0.1, 0.15) is 33.3 Å². The second-order valence-corrected chi connectivity index (χ2v) is 5.99. The standard InChI is InChI=1S/C14H21N3O/c1-9-7-10-8-11(15)5-6-12(10)17(9)13(18)16-14(2,3)4/h5-6,8-9H,7,15H2,1-4H3,(H,16,18). The van der Waals surface area contributed by atoms with E-state index in [4.69, 9.17) is 5.73 Å². The number of anilines is 2. The van der Waals surface area contributed by atoms with Crippen molar-refractivity contribution < 1.29 is 4.79 Å². The molecule has 0 bridgehead atoms. The quantitative estimate of drug-likeness (QED) is 0.692. The van der Waals surface area contributed by atoms with Crippen LogP contribution in [0.3, 0.4) is 0 Å². The second-order valence-electron chi connectivity index (χ2n) is 5.99. The molecule has 2 amide bonds. The normalized spacial score (nSPS) is 18.7. The summed E-state index contributed by atoms with van der Waals surface area (Å²) in [4.78, 5) is 14.1. The highest BCUT2D eigenvalue weighted by atomic mass is 16.2. The van der Waals surface area contributed by atoms with E-state index in [1.54, 1.807) is 0 Å². The molecule has 0 fully saturated rings. The van der Waals surface area contributed by atoms with Gasteiger partial charge in [0.15, 0.2) is 0 Å². The van der Waals surface area contributed by atoms with Crippen molar-refractivity contribution in [2.45, 2.75) is 45.7 Å². The first-order valence-corrected chi connectivity index (χ1v) is 6.28. The number of nitrogens with two attached hydrogens (primary N) is 1. The summed E-state index contributed by atoms with van der Waals surface area (Å²) in [5, 5.41) is 3.00. The molecule has 1 aliphatic heterocycles. The molecule has 0 aliphatic carbocycles. The second kappa shape index (κ2) is 4.19. The summed E-state index contributed by atoms with van der Waals surface area (Å²) in [6, 6.07) is 5.85. The van der Waals surface area contributed by atoms with E-state index in [1.807, 2.05) is 43.9 Å². The number of carbonyl (C=O) groups is 1. The van der Waals surface area contributed by atoms with E-state index in [-0.39, 0.29) is 17.6 Å². The fourth-order valence-electron chi connectivity index (χ4n) is 2.34. The molecule has 98 valence electrons. The molecule has 2 rings (SSSR count). The zero-order valence-corrected chi connectivity index (χ0v) is 11.4. The molecule has 1 unspecified atom stereocenters. The minimum absolute atomic E-state index is 0.0430. The van der Waals surface area contributed by atoms with E-state index in [1.165, 1.54) is 0 Å². The molecule has 0 spiro atoms. The molecule has 1 heterocycles. The van der Waals surface area contributed by atoms with Crippen molar-refractivity contribution in [3.63, 3.8) is 0 Å². The van der Waals surface area contributed by atoms with Gasteiger partial charge in [-0.15, -0.1) is 0 Å². The first kappa shape index (κ1) is 12.7. The van der Waals surface area contributed by atoms with E-state index >= 15 is 0 Å². The lowest BCUT2D eigenvalue weighted by Gasteiger charge is -2.28. The topological polar surface area (TPSA) is 58.4 Å². The van der Waals surface area contributed by atoms with Crippen LogP contribution >= 0.6 is 0 Å². The number of amides is 2. The van der Waals surface area contributed by atoms with Crippen LogP contribution in [-0.4, -0.2) is 17.6 Å². The van der Waals surface area contributed by atoms with Crippen molar-refractivity contribution in [3.05, 3.63) is 23.8 Å². The SMILES string of the molecule is CC1Cc2cc(N)ccc2N1C(=O)NC(C)(C)C. The fraction of sp³-hybridized carbons (Fsp3) is 0.500. The average molecular weight is 247 g/mol.